The molecule has 0 radical (unpaired) electrons. The van der Waals surface area contributed by atoms with Crippen LogP contribution < -0.4 is 10.1 Å². The van der Waals surface area contributed by atoms with E-state index in [1.165, 1.54) is 0 Å². The van der Waals surface area contributed by atoms with E-state index in [9.17, 15) is 0 Å². The molecule has 1 atom stereocenters. The van der Waals surface area contributed by atoms with E-state index in [0.717, 1.165) is 33.6 Å². The number of pyridine rings is 1. The number of aromatic nitrogens is 1. The highest BCUT2D eigenvalue weighted by Gasteiger charge is 2.10. The molecule has 0 saturated heterocycles. The predicted molar refractivity (Wildman–Crippen MR) is 98.7 cm³/mol. The van der Waals surface area contributed by atoms with Gasteiger partial charge in [-0.15, -0.1) is 0 Å². The van der Waals surface area contributed by atoms with Crippen molar-refractivity contribution in [1.82, 2.24) is 4.98 Å². The summed E-state index contributed by atoms with van der Waals surface area (Å²) < 4.78 is 10.6. The first-order valence-corrected chi connectivity index (χ1v) is 8.01. The molecule has 4 heteroatoms. The fourth-order valence-electron chi connectivity index (χ4n) is 2.81. The van der Waals surface area contributed by atoms with Crippen molar-refractivity contribution in [3.63, 3.8) is 0 Å². The standard InChI is InChI=1S/C20H22N2O2/c1-14(13-23-2)21-20-12-18(15-7-5-4-6-8-15)17-10-9-16(24-3)11-19(17)22-20/h4-12,14H,13H2,1-3H3,(H,21,22)/t14-/m1/s1. The molecule has 124 valence electrons. The smallest absolute Gasteiger partial charge is 0.127 e. The topological polar surface area (TPSA) is 43.4 Å². The average Bonchev–Trinajstić information content (AvgIpc) is 2.61. The summed E-state index contributed by atoms with van der Waals surface area (Å²) in [6, 6.07) is 18.6. The molecular formula is C20H22N2O2. The van der Waals surface area contributed by atoms with E-state index in [1.54, 1.807) is 14.2 Å². The predicted octanol–water partition coefficient (Wildman–Crippen LogP) is 4.36. The zero-order valence-electron chi connectivity index (χ0n) is 14.2. The van der Waals surface area contributed by atoms with Gasteiger partial charge in [-0.05, 0) is 36.2 Å². The molecule has 0 amide bonds. The molecule has 1 heterocycles. The van der Waals surface area contributed by atoms with Crippen molar-refractivity contribution in [1.29, 1.82) is 0 Å². The van der Waals surface area contributed by atoms with Gasteiger partial charge in [0.25, 0.3) is 0 Å². The molecule has 0 aliphatic rings. The van der Waals surface area contributed by atoms with Gasteiger partial charge in [0.05, 0.1) is 19.2 Å². The second-order valence-corrected chi connectivity index (χ2v) is 5.80. The Bertz CT molecular complexity index is 818. The minimum Gasteiger partial charge on any atom is -0.497 e. The maximum Gasteiger partial charge on any atom is 0.127 e. The van der Waals surface area contributed by atoms with Crippen LogP contribution in [0.3, 0.4) is 0 Å². The van der Waals surface area contributed by atoms with Crippen LogP contribution in [-0.2, 0) is 4.74 Å². The normalized spacial score (nSPS) is 12.1. The highest BCUT2D eigenvalue weighted by molar-refractivity contribution is 5.96. The summed E-state index contributed by atoms with van der Waals surface area (Å²) in [5.74, 6) is 1.63. The summed E-state index contributed by atoms with van der Waals surface area (Å²) in [4.78, 5) is 4.75. The zero-order chi connectivity index (χ0) is 16.9. The van der Waals surface area contributed by atoms with Gasteiger partial charge < -0.3 is 14.8 Å². The van der Waals surface area contributed by atoms with Crippen LogP contribution in [0.15, 0.2) is 54.6 Å². The van der Waals surface area contributed by atoms with Gasteiger partial charge in [-0.25, -0.2) is 4.98 Å². The highest BCUT2D eigenvalue weighted by atomic mass is 16.5. The number of hydrogen-bond acceptors (Lipinski definition) is 4. The van der Waals surface area contributed by atoms with Crippen LogP contribution in [0.25, 0.3) is 22.0 Å². The number of fused-ring (bicyclic) bond motifs is 1. The van der Waals surface area contributed by atoms with Crippen LogP contribution in [0.4, 0.5) is 5.82 Å². The van der Waals surface area contributed by atoms with Gasteiger partial charge in [-0.1, -0.05) is 30.3 Å². The largest absolute Gasteiger partial charge is 0.497 e. The molecule has 3 rings (SSSR count). The van der Waals surface area contributed by atoms with Crippen LogP contribution in [-0.4, -0.2) is 31.9 Å². The van der Waals surface area contributed by atoms with Gasteiger partial charge in [0.15, 0.2) is 0 Å². The third kappa shape index (κ3) is 3.49. The lowest BCUT2D eigenvalue weighted by atomic mass is 10.0. The highest BCUT2D eigenvalue weighted by Crippen LogP contribution is 2.32. The molecular weight excluding hydrogens is 300 g/mol. The molecule has 0 unspecified atom stereocenters. The third-order valence-corrected chi connectivity index (χ3v) is 3.91. The maximum absolute atomic E-state index is 5.35. The summed E-state index contributed by atoms with van der Waals surface area (Å²) in [6.07, 6.45) is 0. The number of nitrogens with one attached hydrogen (secondary N) is 1. The van der Waals surface area contributed by atoms with Crippen LogP contribution in [0.1, 0.15) is 6.92 Å². The summed E-state index contributed by atoms with van der Waals surface area (Å²) in [6.45, 7) is 2.70. The molecule has 0 saturated carbocycles. The zero-order valence-corrected chi connectivity index (χ0v) is 14.2. The van der Waals surface area contributed by atoms with E-state index in [2.05, 4.69) is 36.5 Å². The molecule has 2 aromatic carbocycles. The van der Waals surface area contributed by atoms with E-state index >= 15 is 0 Å². The van der Waals surface area contributed by atoms with Crippen molar-refractivity contribution in [3.05, 3.63) is 54.6 Å². The minimum atomic E-state index is 0.175. The van der Waals surface area contributed by atoms with E-state index in [4.69, 9.17) is 14.5 Å². The molecule has 24 heavy (non-hydrogen) atoms. The quantitative estimate of drug-likeness (QED) is 0.732. The van der Waals surface area contributed by atoms with Crippen LogP contribution in [0.5, 0.6) is 5.75 Å². The number of anilines is 1. The SMILES string of the molecule is COC[C@@H](C)Nc1cc(-c2ccccc2)c2ccc(OC)cc2n1. The Hall–Kier alpha value is -2.59. The van der Waals surface area contributed by atoms with Gasteiger partial charge >= 0.3 is 0 Å². The average molecular weight is 322 g/mol. The Morgan fingerprint density at radius 1 is 1.04 bits per heavy atom. The Labute approximate surface area is 142 Å². The van der Waals surface area contributed by atoms with E-state index in [1.807, 2.05) is 30.3 Å². The Morgan fingerprint density at radius 2 is 1.83 bits per heavy atom. The van der Waals surface area contributed by atoms with Crippen molar-refractivity contribution < 1.29 is 9.47 Å². The third-order valence-electron chi connectivity index (χ3n) is 3.91. The maximum atomic E-state index is 5.35. The lowest BCUT2D eigenvalue weighted by Gasteiger charge is -2.16. The second-order valence-electron chi connectivity index (χ2n) is 5.80. The van der Waals surface area contributed by atoms with Crippen molar-refractivity contribution in [2.24, 2.45) is 0 Å². The molecule has 3 aromatic rings. The van der Waals surface area contributed by atoms with Gasteiger partial charge in [0.2, 0.25) is 0 Å². The number of rotatable bonds is 6. The van der Waals surface area contributed by atoms with Crippen LogP contribution in [0.2, 0.25) is 0 Å². The first kappa shape index (κ1) is 16.3. The van der Waals surface area contributed by atoms with Crippen LogP contribution in [0, 0.1) is 0 Å². The molecule has 0 aliphatic heterocycles. The Kier molecular flexibility index (Phi) is 4.96. The Balaban J connectivity index is 2.13. The molecule has 0 spiro atoms. The fraction of sp³-hybridized carbons (Fsp3) is 0.250. The van der Waals surface area contributed by atoms with E-state index < -0.39 is 0 Å². The molecule has 1 N–H and O–H groups in total. The van der Waals surface area contributed by atoms with Gasteiger partial charge in [0, 0.05) is 24.6 Å². The van der Waals surface area contributed by atoms with Gasteiger partial charge in [-0.2, -0.15) is 0 Å². The number of methoxy groups -OCH3 is 2. The molecule has 1 aromatic heterocycles. The first-order valence-electron chi connectivity index (χ1n) is 8.01. The second kappa shape index (κ2) is 7.32. The monoisotopic (exact) mass is 322 g/mol. The lowest BCUT2D eigenvalue weighted by molar-refractivity contribution is 0.190. The lowest BCUT2D eigenvalue weighted by Crippen LogP contribution is -2.21. The fourth-order valence-corrected chi connectivity index (χ4v) is 2.81. The number of ether oxygens (including phenoxy) is 2. The number of nitrogens with zero attached hydrogens (tertiary/aromatic N) is 1. The van der Waals surface area contributed by atoms with E-state index in [0.29, 0.717) is 6.61 Å². The minimum absolute atomic E-state index is 0.175. The summed E-state index contributed by atoms with van der Waals surface area (Å²) in [7, 11) is 3.37. The number of benzene rings is 2. The van der Waals surface area contributed by atoms with Gasteiger partial charge in [0.1, 0.15) is 11.6 Å². The first-order chi connectivity index (χ1) is 11.7. The van der Waals surface area contributed by atoms with Crippen LogP contribution >= 0.6 is 0 Å². The van der Waals surface area contributed by atoms with E-state index in [-0.39, 0.29) is 6.04 Å². The van der Waals surface area contributed by atoms with Crippen molar-refractivity contribution in [2.75, 3.05) is 26.1 Å². The molecule has 0 aliphatic carbocycles. The summed E-state index contributed by atoms with van der Waals surface area (Å²) in [5.41, 5.74) is 3.22. The molecule has 4 nitrogen and oxygen atoms in total. The molecule has 0 bridgehead atoms. The summed E-state index contributed by atoms with van der Waals surface area (Å²) >= 11 is 0. The summed E-state index contributed by atoms with van der Waals surface area (Å²) in [5, 5.41) is 4.51. The number of hydrogen-bond donors (Lipinski definition) is 1. The molecule has 0 fully saturated rings. The van der Waals surface area contributed by atoms with Gasteiger partial charge in [-0.3, -0.25) is 0 Å². The van der Waals surface area contributed by atoms with Crippen molar-refractivity contribution in [2.45, 2.75) is 13.0 Å². The van der Waals surface area contributed by atoms with Crippen molar-refractivity contribution in [3.8, 4) is 16.9 Å². The Morgan fingerprint density at radius 3 is 2.54 bits per heavy atom. The van der Waals surface area contributed by atoms with Crippen molar-refractivity contribution >= 4 is 16.7 Å².